The summed E-state index contributed by atoms with van der Waals surface area (Å²) in [6.07, 6.45) is 7.98. The van der Waals surface area contributed by atoms with Crippen LogP contribution >= 0.6 is 11.8 Å². The number of amides is 3. The first-order chi connectivity index (χ1) is 13.7. The third-order valence-electron chi connectivity index (χ3n) is 6.69. The van der Waals surface area contributed by atoms with Crippen LogP contribution in [0, 0.1) is 11.8 Å². The van der Waals surface area contributed by atoms with Crippen molar-refractivity contribution in [3.05, 3.63) is 24.3 Å². The Bertz CT molecular complexity index is 797. The van der Waals surface area contributed by atoms with Gasteiger partial charge in [0, 0.05) is 31.4 Å². The minimum atomic E-state index is -0.797. The highest BCUT2D eigenvalue weighted by Crippen LogP contribution is 2.61. The van der Waals surface area contributed by atoms with Crippen molar-refractivity contribution in [2.75, 3.05) is 26.7 Å². The fraction of sp³-hybridized carbons (Fsp3) is 0.667. The quantitative estimate of drug-likeness (QED) is 0.674. The second-order valence-electron chi connectivity index (χ2n) is 8.75. The fourth-order valence-electron chi connectivity index (χ4n) is 5.25. The van der Waals surface area contributed by atoms with E-state index >= 15 is 0 Å². The molecule has 4 aliphatic heterocycles. The molecule has 0 aromatic heterocycles. The molecule has 4 aliphatic rings. The van der Waals surface area contributed by atoms with Gasteiger partial charge in [-0.1, -0.05) is 24.3 Å². The van der Waals surface area contributed by atoms with Crippen molar-refractivity contribution in [2.24, 2.45) is 11.8 Å². The maximum atomic E-state index is 13.7. The predicted molar refractivity (Wildman–Crippen MR) is 111 cm³/mol. The second kappa shape index (κ2) is 7.16. The van der Waals surface area contributed by atoms with Crippen LogP contribution in [0.1, 0.15) is 20.8 Å². The molecule has 0 aliphatic carbocycles. The zero-order valence-electron chi connectivity index (χ0n) is 17.3. The molecule has 3 amide bonds. The first kappa shape index (κ1) is 20.5. The highest BCUT2D eigenvalue weighted by molar-refractivity contribution is 8.02. The van der Waals surface area contributed by atoms with Crippen molar-refractivity contribution in [2.45, 2.75) is 48.9 Å². The van der Waals surface area contributed by atoms with Crippen molar-refractivity contribution >= 4 is 29.5 Å². The zero-order valence-corrected chi connectivity index (χ0v) is 18.1. The Kier molecular flexibility index (Phi) is 5.06. The summed E-state index contributed by atoms with van der Waals surface area (Å²) < 4.78 is -0.797. The van der Waals surface area contributed by atoms with Crippen LogP contribution in [0.25, 0.3) is 0 Å². The van der Waals surface area contributed by atoms with Crippen LogP contribution in [-0.4, -0.2) is 92.4 Å². The van der Waals surface area contributed by atoms with Gasteiger partial charge in [-0.2, -0.15) is 0 Å². The highest BCUT2D eigenvalue weighted by Gasteiger charge is 2.71. The molecule has 29 heavy (non-hydrogen) atoms. The molecule has 1 unspecified atom stereocenters. The summed E-state index contributed by atoms with van der Waals surface area (Å²) in [6, 6.07) is -1.22. The smallest absolute Gasteiger partial charge is 0.247 e. The van der Waals surface area contributed by atoms with Crippen LogP contribution in [0.2, 0.25) is 0 Å². The van der Waals surface area contributed by atoms with Crippen LogP contribution in [-0.2, 0) is 14.4 Å². The molecule has 0 bridgehead atoms. The molecule has 0 aromatic carbocycles. The normalized spacial score (nSPS) is 37.6. The van der Waals surface area contributed by atoms with Gasteiger partial charge in [0.25, 0.3) is 0 Å². The largest absolute Gasteiger partial charge is 0.394 e. The number of fused-ring (bicyclic) bond motifs is 2. The first-order valence-corrected chi connectivity index (χ1v) is 11.1. The van der Waals surface area contributed by atoms with Crippen molar-refractivity contribution < 1.29 is 19.5 Å². The molecule has 7 nitrogen and oxygen atoms in total. The minimum absolute atomic E-state index is 0.00715. The molecule has 0 aromatic rings. The van der Waals surface area contributed by atoms with Crippen molar-refractivity contribution in [3.8, 4) is 0 Å². The third-order valence-corrected chi connectivity index (χ3v) is 8.44. The van der Waals surface area contributed by atoms with Gasteiger partial charge < -0.3 is 19.8 Å². The van der Waals surface area contributed by atoms with Gasteiger partial charge in [0.15, 0.2) is 0 Å². The molecular weight excluding hydrogens is 390 g/mol. The van der Waals surface area contributed by atoms with Crippen molar-refractivity contribution in [3.63, 3.8) is 0 Å². The Hall–Kier alpha value is -1.80. The molecule has 2 fully saturated rings. The first-order valence-electron chi connectivity index (χ1n) is 10.2. The maximum Gasteiger partial charge on any atom is 0.247 e. The number of nitrogens with zero attached hydrogens (tertiary/aromatic N) is 3. The van der Waals surface area contributed by atoms with E-state index in [2.05, 4.69) is 0 Å². The Labute approximate surface area is 175 Å². The number of carbonyl (C=O) groups excluding carboxylic acids is 3. The molecule has 158 valence electrons. The molecule has 0 saturated carbocycles. The van der Waals surface area contributed by atoms with Gasteiger partial charge >= 0.3 is 0 Å². The summed E-state index contributed by atoms with van der Waals surface area (Å²) in [5.74, 6) is -1.46. The van der Waals surface area contributed by atoms with E-state index in [0.717, 1.165) is 0 Å². The van der Waals surface area contributed by atoms with Crippen LogP contribution in [0.3, 0.4) is 0 Å². The summed E-state index contributed by atoms with van der Waals surface area (Å²) in [5.41, 5.74) is 0. The average Bonchev–Trinajstić information content (AvgIpc) is 3.01. The lowest BCUT2D eigenvalue weighted by molar-refractivity contribution is -0.146. The summed E-state index contributed by atoms with van der Waals surface area (Å²) in [6.45, 7) is 6.47. The number of thioether (sulfide) groups is 1. The standard InChI is InChI=1S/C21H29N3O4S/c1-12(2)23-10-6-8-21-16(15-14(29-21)7-5-9-22(4)18(15)26)19(27)24(13(3)11-25)17(21)20(23)28/h5-8,12-17,25H,9-11H2,1-4H3/t13-,14-,15+,16+,17?,21+/m1/s1. The number of carbonyl (C=O) groups is 3. The lowest BCUT2D eigenvalue weighted by atomic mass is 9.78. The molecule has 1 N–H and O–H groups in total. The molecule has 4 heterocycles. The van der Waals surface area contributed by atoms with Gasteiger partial charge in [-0.05, 0) is 20.8 Å². The molecule has 8 heteroatoms. The van der Waals surface area contributed by atoms with Crippen molar-refractivity contribution in [1.29, 1.82) is 0 Å². The van der Waals surface area contributed by atoms with Gasteiger partial charge in [0.2, 0.25) is 17.7 Å². The lowest BCUT2D eigenvalue weighted by Crippen LogP contribution is -2.57. The van der Waals surface area contributed by atoms with Crippen LogP contribution in [0.4, 0.5) is 0 Å². The van der Waals surface area contributed by atoms with E-state index in [-0.39, 0.29) is 35.6 Å². The van der Waals surface area contributed by atoms with E-state index in [4.69, 9.17) is 0 Å². The van der Waals surface area contributed by atoms with E-state index in [9.17, 15) is 19.5 Å². The Balaban J connectivity index is 1.88. The maximum absolute atomic E-state index is 13.7. The minimum Gasteiger partial charge on any atom is -0.394 e. The summed E-state index contributed by atoms with van der Waals surface area (Å²) in [7, 11) is 1.75. The summed E-state index contributed by atoms with van der Waals surface area (Å²) in [5, 5.41) is 9.70. The number of aliphatic hydroxyl groups is 1. The Morgan fingerprint density at radius 1 is 1.14 bits per heavy atom. The molecule has 2 saturated heterocycles. The fourth-order valence-corrected chi connectivity index (χ4v) is 7.24. The molecule has 4 rings (SSSR count). The number of hydrogen-bond donors (Lipinski definition) is 1. The molecular formula is C21H29N3O4S. The van der Waals surface area contributed by atoms with E-state index < -0.39 is 28.7 Å². The van der Waals surface area contributed by atoms with Crippen LogP contribution < -0.4 is 0 Å². The molecule has 1 spiro atoms. The van der Waals surface area contributed by atoms with E-state index in [1.165, 1.54) is 0 Å². The van der Waals surface area contributed by atoms with E-state index in [1.54, 1.807) is 40.4 Å². The van der Waals surface area contributed by atoms with E-state index in [1.807, 2.05) is 38.2 Å². The SMILES string of the molecule is CC(C)N1CC=C[C@]23S[C@@H]4C=CCN(C)C(=O)[C@@H]4[C@H]2C(=O)N([C@H](C)CO)C3C1=O. The number of aliphatic hydroxyl groups excluding tert-OH is 1. The summed E-state index contributed by atoms with van der Waals surface area (Å²) in [4.78, 5) is 45.6. The highest BCUT2D eigenvalue weighted by atomic mass is 32.2. The molecule has 0 radical (unpaired) electrons. The number of hydrogen-bond acceptors (Lipinski definition) is 5. The number of likely N-dealkylation sites (N-methyl/N-ethyl adjacent to an activating group) is 1. The Morgan fingerprint density at radius 2 is 1.86 bits per heavy atom. The number of rotatable bonds is 3. The third kappa shape index (κ3) is 2.79. The van der Waals surface area contributed by atoms with Gasteiger partial charge in [-0.3, -0.25) is 14.4 Å². The number of likely N-dealkylation sites (tertiary alicyclic amines) is 1. The topological polar surface area (TPSA) is 81.2 Å². The van der Waals surface area contributed by atoms with Crippen molar-refractivity contribution in [1.82, 2.24) is 14.7 Å². The summed E-state index contributed by atoms with van der Waals surface area (Å²) >= 11 is 1.57. The molecule has 6 atom stereocenters. The van der Waals surface area contributed by atoms with Crippen LogP contribution in [0.15, 0.2) is 24.3 Å². The second-order valence-corrected chi connectivity index (χ2v) is 10.2. The van der Waals surface area contributed by atoms with Gasteiger partial charge in [0.1, 0.15) is 6.04 Å². The Morgan fingerprint density at radius 3 is 2.52 bits per heavy atom. The average molecular weight is 420 g/mol. The zero-order chi connectivity index (χ0) is 21.1. The lowest BCUT2D eigenvalue weighted by Gasteiger charge is -2.38. The van der Waals surface area contributed by atoms with E-state index in [0.29, 0.717) is 13.1 Å². The monoisotopic (exact) mass is 419 g/mol. The predicted octanol–water partition coefficient (Wildman–Crippen LogP) is 0.500. The van der Waals surface area contributed by atoms with Gasteiger partial charge in [0.05, 0.1) is 29.2 Å². The van der Waals surface area contributed by atoms with Gasteiger partial charge in [-0.25, -0.2) is 0 Å². The van der Waals surface area contributed by atoms with Crippen LogP contribution in [0.5, 0.6) is 0 Å². The van der Waals surface area contributed by atoms with Gasteiger partial charge in [-0.15, -0.1) is 11.8 Å².